The fraction of sp³-hybridized carbons (Fsp3) is 0.190. The fourth-order valence-corrected chi connectivity index (χ4v) is 5.44. The summed E-state index contributed by atoms with van der Waals surface area (Å²) in [5.41, 5.74) is 0.343. The number of aromatic nitrogens is 2. The number of hydrogen-bond donors (Lipinski definition) is 1. The van der Waals surface area contributed by atoms with Crippen LogP contribution in [0.25, 0.3) is 0 Å². The van der Waals surface area contributed by atoms with Crippen LogP contribution in [0, 0.1) is 0 Å². The van der Waals surface area contributed by atoms with E-state index in [1.807, 2.05) is 30.3 Å². The third kappa shape index (κ3) is 6.31. The van der Waals surface area contributed by atoms with Crippen LogP contribution in [-0.2, 0) is 14.8 Å². The number of ether oxygens (including phenoxy) is 1. The van der Waals surface area contributed by atoms with Crippen molar-refractivity contribution >= 4 is 49.8 Å². The molecule has 1 atom stereocenters. The minimum atomic E-state index is -3.75. The first-order valence-corrected chi connectivity index (χ1v) is 13.1. The van der Waals surface area contributed by atoms with E-state index in [0.717, 1.165) is 10.6 Å². The Bertz CT molecular complexity index is 1170. The molecule has 0 saturated heterocycles. The van der Waals surface area contributed by atoms with Crippen LogP contribution in [0.5, 0.6) is 11.5 Å². The van der Waals surface area contributed by atoms with Gasteiger partial charge in [0.2, 0.25) is 21.1 Å². The van der Waals surface area contributed by atoms with Gasteiger partial charge in [-0.1, -0.05) is 47.4 Å². The van der Waals surface area contributed by atoms with Gasteiger partial charge in [-0.25, -0.2) is 8.42 Å². The molecule has 8 nitrogen and oxygen atoms in total. The number of amides is 1. The van der Waals surface area contributed by atoms with Crippen molar-refractivity contribution in [2.75, 3.05) is 21.6 Å². The number of hydrogen-bond acceptors (Lipinski definition) is 8. The third-order valence-electron chi connectivity index (χ3n) is 4.12. The molecule has 3 aromatic rings. The first-order valence-electron chi connectivity index (χ1n) is 9.48. The molecule has 3 rings (SSSR count). The fourth-order valence-electron chi connectivity index (χ4n) is 2.75. The summed E-state index contributed by atoms with van der Waals surface area (Å²) in [6.45, 7) is 5.16. The van der Waals surface area contributed by atoms with Gasteiger partial charge in [0, 0.05) is 5.75 Å². The van der Waals surface area contributed by atoms with Crippen molar-refractivity contribution < 1.29 is 17.9 Å². The van der Waals surface area contributed by atoms with Crippen molar-refractivity contribution in [3.63, 3.8) is 0 Å². The first-order chi connectivity index (χ1) is 15.3. The molecule has 1 heterocycles. The molecule has 0 aliphatic heterocycles. The molecule has 168 valence electrons. The highest BCUT2D eigenvalue weighted by atomic mass is 32.2. The zero-order valence-electron chi connectivity index (χ0n) is 17.5. The van der Waals surface area contributed by atoms with Crippen molar-refractivity contribution in [3.05, 3.63) is 67.3 Å². The van der Waals surface area contributed by atoms with Crippen molar-refractivity contribution in [2.45, 2.75) is 17.3 Å². The maximum atomic E-state index is 12.8. The Labute approximate surface area is 195 Å². The largest absolute Gasteiger partial charge is 0.457 e. The summed E-state index contributed by atoms with van der Waals surface area (Å²) >= 11 is 2.66. The lowest BCUT2D eigenvalue weighted by molar-refractivity contribution is -0.116. The van der Waals surface area contributed by atoms with Gasteiger partial charge in [0.1, 0.15) is 17.5 Å². The number of nitrogens with zero attached hydrogens (tertiary/aromatic N) is 3. The van der Waals surface area contributed by atoms with Crippen LogP contribution in [0.3, 0.4) is 0 Å². The van der Waals surface area contributed by atoms with Crippen LogP contribution in [0.4, 0.5) is 10.8 Å². The van der Waals surface area contributed by atoms with Gasteiger partial charge in [-0.15, -0.1) is 16.8 Å². The molecule has 0 unspecified atom stereocenters. The topological polar surface area (TPSA) is 101 Å². The third-order valence-corrected chi connectivity index (χ3v) is 7.33. The lowest BCUT2D eigenvalue weighted by Gasteiger charge is -2.28. The smallest absolute Gasteiger partial charge is 0.249 e. The van der Waals surface area contributed by atoms with Gasteiger partial charge < -0.3 is 4.74 Å². The Balaban J connectivity index is 1.74. The van der Waals surface area contributed by atoms with Crippen molar-refractivity contribution in [3.8, 4) is 11.5 Å². The molecule has 1 amide bonds. The van der Waals surface area contributed by atoms with Crippen molar-refractivity contribution in [1.82, 2.24) is 10.2 Å². The Morgan fingerprint density at radius 1 is 1.19 bits per heavy atom. The normalized spacial score (nSPS) is 12.1. The highest BCUT2D eigenvalue weighted by Crippen LogP contribution is 2.28. The molecule has 32 heavy (non-hydrogen) atoms. The molecule has 1 N–H and O–H groups in total. The number of benzene rings is 2. The standard InChI is InChI=1S/C21H22N4O4S3/c1-4-14-30-21-24-23-20(31-21)22-19(26)15(2)25(32(3,27)28)16-10-12-18(13-11-16)29-17-8-6-5-7-9-17/h4-13,15H,1,14H2,2-3H3,(H,22,23,26)/t15-/m1/s1. The molecule has 11 heteroatoms. The lowest BCUT2D eigenvalue weighted by Crippen LogP contribution is -2.45. The minimum Gasteiger partial charge on any atom is -0.457 e. The number of carbonyl (C=O) groups excluding carboxylic acids is 1. The molecule has 0 bridgehead atoms. The maximum absolute atomic E-state index is 12.8. The van der Waals surface area contributed by atoms with Crippen LogP contribution < -0.4 is 14.4 Å². The van der Waals surface area contributed by atoms with E-state index in [1.165, 1.54) is 30.0 Å². The Morgan fingerprint density at radius 3 is 2.47 bits per heavy atom. The summed E-state index contributed by atoms with van der Waals surface area (Å²) in [7, 11) is -3.75. The summed E-state index contributed by atoms with van der Waals surface area (Å²) in [6, 6.07) is 14.7. The summed E-state index contributed by atoms with van der Waals surface area (Å²) in [5.74, 6) is 1.36. The first kappa shape index (κ1) is 23.8. The zero-order chi connectivity index (χ0) is 23.1. The second-order valence-electron chi connectivity index (χ2n) is 6.61. The molecule has 0 aliphatic carbocycles. The van der Waals surface area contributed by atoms with E-state index in [1.54, 1.807) is 30.3 Å². The molecule has 2 aromatic carbocycles. The average molecular weight is 491 g/mol. The van der Waals surface area contributed by atoms with Crippen molar-refractivity contribution in [1.29, 1.82) is 0 Å². The van der Waals surface area contributed by atoms with Gasteiger partial charge in [0.25, 0.3) is 0 Å². The van der Waals surface area contributed by atoms with Crippen molar-refractivity contribution in [2.24, 2.45) is 0 Å². The van der Waals surface area contributed by atoms with E-state index < -0.39 is 22.0 Å². The van der Waals surface area contributed by atoms with E-state index in [2.05, 4.69) is 22.1 Å². The quantitative estimate of drug-likeness (QED) is 0.255. The molecule has 1 aromatic heterocycles. The van der Waals surface area contributed by atoms with Gasteiger partial charge in [-0.05, 0) is 43.3 Å². The average Bonchev–Trinajstić information content (AvgIpc) is 3.20. The summed E-state index contributed by atoms with van der Waals surface area (Å²) in [4.78, 5) is 12.8. The number of thioether (sulfide) groups is 1. The zero-order valence-corrected chi connectivity index (χ0v) is 19.9. The minimum absolute atomic E-state index is 0.300. The number of para-hydroxylation sites is 1. The predicted octanol–water partition coefficient (Wildman–Crippen LogP) is 4.40. The molecule has 0 saturated carbocycles. The van der Waals surface area contributed by atoms with Crippen LogP contribution in [-0.4, -0.2) is 42.6 Å². The molecular formula is C21H22N4O4S3. The van der Waals surface area contributed by atoms with E-state index >= 15 is 0 Å². The lowest BCUT2D eigenvalue weighted by atomic mass is 10.2. The van der Waals surface area contributed by atoms with E-state index in [4.69, 9.17) is 4.74 Å². The Morgan fingerprint density at radius 2 is 1.84 bits per heavy atom. The number of nitrogens with one attached hydrogen (secondary N) is 1. The van der Waals surface area contributed by atoms with E-state index in [0.29, 0.717) is 32.4 Å². The van der Waals surface area contributed by atoms with Gasteiger partial charge in [-0.3, -0.25) is 14.4 Å². The van der Waals surface area contributed by atoms with Gasteiger partial charge >= 0.3 is 0 Å². The molecule has 0 fully saturated rings. The van der Waals surface area contributed by atoms with Gasteiger partial charge in [0.15, 0.2) is 4.34 Å². The van der Waals surface area contributed by atoms with Crippen LogP contribution in [0.1, 0.15) is 6.92 Å². The number of anilines is 2. The van der Waals surface area contributed by atoms with Crippen LogP contribution in [0.2, 0.25) is 0 Å². The predicted molar refractivity (Wildman–Crippen MR) is 129 cm³/mol. The summed E-state index contributed by atoms with van der Waals surface area (Å²) in [6.07, 6.45) is 2.80. The Kier molecular flexibility index (Phi) is 7.89. The number of rotatable bonds is 10. The van der Waals surface area contributed by atoms with Crippen LogP contribution in [0.15, 0.2) is 71.6 Å². The molecular weight excluding hydrogens is 468 g/mol. The second kappa shape index (κ2) is 10.6. The maximum Gasteiger partial charge on any atom is 0.249 e. The molecule has 0 aliphatic rings. The van der Waals surface area contributed by atoms with E-state index in [-0.39, 0.29) is 0 Å². The SMILES string of the molecule is C=CCSc1nnc(NC(=O)[C@@H](C)N(c2ccc(Oc3ccccc3)cc2)S(C)(=O)=O)s1. The van der Waals surface area contributed by atoms with Gasteiger partial charge in [0.05, 0.1) is 11.9 Å². The van der Waals surface area contributed by atoms with Gasteiger partial charge in [-0.2, -0.15) is 0 Å². The summed E-state index contributed by atoms with van der Waals surface area (Å²) < 4.78 is 32.5. The number of sulfonamides is 1. The highest BCUT2D eigenvalue weighted by molar-refractivity contribution is 8.01. The molecule has 0 spiro atoms. The second-order valence-corrected chi connectivity index (χ2v) is 10.7. The summed E-state index contributed by atoms with van der Waals surface area (Å²) in [5, 5.41) is 10.9. The molecule has 0 radical (unpaired) electrons. The number of carbonyl (C=O) groups is 1. The van der Waals surface area contributed by atoms with E-state index in [9.17, 15) is 13.2 Å². The Hall–Kier alpha value is -2.89. The highest BCUT2D eigenvalue weighted by Gasteiger charge is 2.29. The monoisotopic (exact) mass is 490 g/mol. The van der Waals surface area contributed by atoms with Crippen LogP contribution >= 0.6 is 23.1 Å².